The molecule has 1 fully saturated rings. The standard InChI is InChI=1S/C25H25F3N4O3S/c1-15-5-3-6-16(2)22(15)20-12-21-31-23(30-20)32-36(33,34)19-8-4-7-17(11-19)29-18(14-35-21)13-24(9-10-24)25(26,27)28/h3-8,11-12,18,29H,9-10,13-14H2,1-2H3,(H,30,31,32)/t18-/m0/s1. The minimum absolute atomic E-state index is 0.0569. The van der Waals surface area contributed by atoms with E-state index in [4.69, 9.17) is 4.74 Å². The van der Waals surface area contributed by atoms with Crippen LogP contribution in [0.5, 0.6) is 5.88 Å². The van der Waals surface area contributed by atoms with Gasteiger partial charge in [0.1, 0.15) is 6.61 Å². The molecular formula is C25H25F3N4O3S. The molecule has 2 N–H and O–H groups in total. The van der Waals surface area contributed by atoms with Crippen LogP contribution in [0.4, 0.5) is 24.8 Å². The van der Waals surface area contributed by atoms with Gasteiger partial charge in [0, 0.05) is 17.3 Å². The zero-order valence-electron chi connectivity index (χ0n) is 19.7. The van der Waals surface area contributed by atoms with Crippen LogP contribution in [0.3, 0.4) is 0 Å². The Hall–Kier alpha value is -3.34. The van der Waals surface area contributed by atoms with Crippen molar-refractivity contribution in [3.05, 3.63) is 59.7 Å². The fourth-order valence-electron chi connectivity index (χ4n) is 4.62. The van der Waals surface area contributed by atoms with Crippen LogP contribution in [0.15, 0.2) is 53.4 Å². The number of rotatable bonds is 3. The lowest BCUT2D eigenvalue weighted by molar-refractivity contribution is -0.190. The third-order valence-electron chi connectivity index (χ3n) is 6.71. The van der Waals surface area contributed by atoms with Gasteiger partial charge < -0.3 is 10.1 Å². The maximum atomic E-state index is 13.7. The second-order valence-electron chi connectivity index (χ2n) is 9.45. The van der Waals surface area contributed by atoms with Crippen LogP contribution >= 0.6 is 0 Å². The SMILES string of the molecule is Cc1cccc(C)c1-c1cc2nc(n1)NS(=O)(=O)c1cccc(c1)N[C@@H](CC1(C(F)(F)F)CC1)CO2. The molecule has 1 saturated carbocycles. The van der Waals surface area contributed by atoms with E-state index in [2.05, 4.69) is 20.0 Å². The first kappa shape index (κ1) is 24.4. The highest BCUT2D eigenvalue weighted by Gasteiger charge is 2.63. The quantitative estimate of drug-likeness (QED) is 0.478. The van der Waals surface area contributed by atoms with Crippen molar-refractivity contribution >= 4 is 21.7 Å². The summed E-state index contributed by atoms with van der Waals surface area (Å²) in [4.78, 5) is 8.58. The predicted molar refractivity (Wildman–Crippen MR) is 129 cm³/mol. The van der Waals surface area contributed by atoms with Crippen LogP contribution in [0.1, 0.15) is 30.4 Å². The molecule has 0 radical (unpaired) electrons. The largest absolute Gasteiger partial charge is 0.475 e. The lowest BCUT2D eigenvalue weighted by Crippen LogP contribution is -2.36. The third-order valence-corrected chi connectivity index (χ3v) is 8.03. The second-order valence-corrected chi connectivity index (χ2v) is 11.1. The van der Waals surface area contributed by atoms with E-state index in [0.717, 1.165) is 16.7 Å². The van der Waals surface area contributed by atoms with E-state index < -0.39 is 27.7 Å². The van der Waals surface area contributed by atoms with Crippen molar-refractivity contribution in [3.63, 3.8) is 0 Å². The van der Waals surface area contributed by atoms with E-state index in [9.17, 15) is 21.6 Å². The smallest absolute Gasteiger partial charge is 0.394 e. The summed E-state index contributed by atoms with van der Waals surface area (Å²) in [6.45, 7) is 3.72. The predicted octanol–water partition coefficient (Wildman–Crippen LogP) is 5.47. The molecule has 4 bridgehead atoms. The minimum atomic E-state index is -4.33. The summed E-state index contributed by atoms with van der Waals surface area (Å²) in [5, 5.41) is 3.05. The number of alkyl halides is 3. The lowest BCUT2D eigenvalue weighted by atomic mass is 9.96. The summed E-state index contributed by atoms with van der Waals surface area (Å²) in [5.74, 6) is -0.122. The molecule has 1 aliphatic heterocycles. The zero-order chi connectivity index (χ0) is 25.7. The van der Waals surface area contributed by atoms with Crippen molar-refractivity contribution in [2.24, 2.45) is 5.41 Å². The summed E-state index contributed by atoms with van der Waals surface area (Å²) in [6, 6.07) is 12.5. The number of aryl methyl sites for hydroxylation is 2. The van der Waals surface area contributed by atoms with E-state index in [1.807, 2.05) is 32.0 Å². The highest BCUT2D eigenvalue weighted by atomic mass is 32.2. The molecule has 0 amide bonds. The Morgan fingerprint density at radius 3 is 2.42 bits per heavy atom. The molecule has 2 heterocycles. The van der Waals surface area contributed by atoms with E-state index >= 15 is 0 Å². The van der Waals surface area contributed by atoms with Gasteiger partial charge in [0.2, 0.25) is 11.8 Å². The first-order valence-corrected chi connectivity index (χ1v) is 13.0. The van der Waals surface area contributed by atoms with Gasteiger partial charge in [-0.2, -0.15) is 18.2 Å². The Morgan fingerprint density at radius 2 is 1.75 bits per heavy atom. The van der Waals surface area contributed by atoms with Crippen molar-refractivity contribution in [3.8, 4) is 17.1 Å². The number of anilines is 2. The van der Waals surface area contributed by atoms with Crippen molar-refractivity contribution in [1.29, 1.82) is 0 Å². The van der Waals surface area contributed by atoms with E-state index in [-0.39, 0.29) is 42.6 Å². The molecule has 2 aromatic carbocycles. The average Bonchev–Trinajstić information content (AvgIpc) is 3.58. The van der Waals surface area contributed by atoms with Gasteiger partial charge in [0.05, 0.1) is 22.0 Å². The van der Waals surface area contributed by atoms with Gasteiger partial charge in [0.25, 0.3) is 10.0 Å². The van der Waals surface area contributed by atoms with Gasteiger partial charge in [-0.1, -0.05) is 24.3 Å². The number of fused-ring (bicyclic) bond motifs is 4. The number of benzene rings is 2. The van der Waals surface area contributed by atoms with Crippen LogP contribution < -0.4 is 14.8 Å². The lowest BCUT2D eigenvalue weighted by Gasteiger charge is -2.27. The van der Waals surface area contributed by atoms with Crippen molar-refractivity contribution in [2.45, 2.75) is 50.2 Å². The van der Waals surface area contributed by atoms with Crippen molar-refractivity contribution < 1.29 is 26.3 Å². The fourth-order valence-corrected chi connectivity index (χ4v) is 5.61. The molecule has 36 heavy (non-hydrogen) atoms. The second kappa shape index (κ2) is 8.65. The molecule has 1 aliphatic carbocycles. The van der Waals surface area contributed by atoms with E-state index in [0.29, 0.717) is 11.4 Å². The molecule has 0 saturated heterocycles. The number of hydrogen-bond donors (Lipinski definition) is 2. The maximum Gasteiger partial charge on any atom is 0.394 e. The molecule has 3 aromatic rings. The molecule has 1 aromatic heterocycles. The van der Waals surface area contributed by atoms with Crippen molar-refractivity contribution in [1.82, 2.24) is 9.97 Å². The molecule has 1 atom stereocenters. The van der Waals surface area contributed by atoms with E-state index in [1.165, 1.54) is 18.2 Å². The Labute approximate surface area is 207 Å². The summed E-state index contributed by atoms with van der Waals surface area (Å²) in [7, 11) is -4.08. The topological polar surface area (TPSA) is 93.2 Å². The monoisotopic (exact) mass is 518 g/mol. The first-order chi connectivity index (χ1) is 17.0. The minimum Gasteiger partial charge on any atom is -0.475 e. The number of aromatic nitrogens is 2. The Morgan fingerprint density at radius 1 is 1.06 bits per heavy atom. The number of hydrogen-bond acceptors (Lipinski definition) is 6. The van der Waals surface area contributed by atoms with Gasteiger partial charge in [-0.15, -0.1) is 0 Å². The average molecular weight is 519 g/mol. The molecule has 7 nitrogen and oxygen atoms in total. The number of nitrogens with one attached hydrogen (secondary N) is 2. The van der Waals surface area contributed by atoms with E-state index in [1.54, 1.807) is 12.1 Å². The summed E-state index contributed by atoms with van der Waals surface area (Å²) in [5.41, 5.74) is 1.69. The highest BCUT2D eigenvalue weighted by molar-refractivity contribution is 7.92. The Bertz CT molecular complexity index is 1400. The molecule has 0 spiro atoms. The van der Waals surface area contributed by atoms with Gasteiger partial charge in [-0.25, -0.2) is 18.1 Å². The molecule has 5 rings (SSSR count). The normalized spacial score (nSPS) is 20.1. The van der Waals surface area contributed by atoms with Gasteiger partial charge in [-0.05, 0) is 62.4 Å². The Balaban J connectivity index is 1.59. The van der Waals surface area contributed by atoms with Gasteiger partial charge in [-0.3, -0.25) is 0 Å². The molecular weight excluding hydrogens is 493 g/mol. The van der Waals surface area contributed by atoms with Crippen LogP contribution in [0.25, 0.3) is 11.3 Å². The summed E-state index contributed by atoms with van der Waals surface area (Å²) >= 11 is 0. The number of sulfonamides is 1. The maximum absolute atomic E-state index is 13.7. The third kappa shape index (κ3) is 4.71. The van der Waals surface area contributed by atoms with Crippen LogP contribution in [0, 0.1) is 19.3 Å². The number of ether oxygens (including phenoxy) is 1. The summed E-state index contributed by atoms with van der Waals surface area (Å²) in [6.07, 6.45) is -4.42. The molecule has 0 unspecified atom stereocenters. The van der Waals surface area contributed by atoms with Crippen molar-refractivity contribution in [2.75, 3.05) is 16.6 Å². The summed E-state index contributed by atoms with van der Waals surface area (Å²) < 4.78 is 75.7. The Kier molecular flexibility index (Phi) is 5.85. The molecule has 2 aliphatic rings. The van der Waals surface area contributed by atoms with Crippen LogP contribution in [-0.4, -0.2) is 37.2 Å². The number of halogens is 3. The zero-order valence-corrected chi connectivity index (χ0v) is 20.5. The van der Waals surface area contributed by atoms with Gasteiger partial charge >= 0.3 is 6.18 Å². The molecule has 11 heteroatoms. The number of nitrogens with zero attached hydrogens (tertiary/aromatic N) is 2. The highest BCUT2D eigenvalue weighted by Crippen LogP contribution is 2.60. The fraction of sp³-hybridized carbons (Fsp3) is 0.360. The van der Waals surface area contributed by atoms with Crippen LogP contribution in [0.2, 0.25) is 0 Å². The first-order valence-electron chi connectivity index (χ1n) is 11.5. The van der Waals surface area contributed by atoms with Gasteiger partial charge in [0.15, 0.2) is 0 Å². The molecule has 190 valence electrons. The van der Waals surface area contributed by atoms with Crippen LogP contribution in [-0.2, 0) is 10.0 Å².